The van der Waals surface area contributed by atoms with Crippen molar-refractivity contribution in [3.8, 4) is 0 Å². The zero-order chi connectivity index (χ0) is 19.6. The number of aromatic nitrogens is 2. The van der Waals surface area contributed by atoms with E-state index in [0.717, 1.165) is 4.68 Å². The number of aryl methyl sites for hydroxylation is 1. The van der Waals surface area contributed by atoms with Gasteiger partial charge in [-0.3, -0.25) is 9.59 Å². The summed E-state index contributed by atoms with van der Waals surface area (Å²) in [5.41, 5.74) is -0.282. The lowest BCUT2D eigenvalue weighted by molar-refractivity contribution is -0.143. The van der Waals surface area contributed by atoms with Crippen LogP contribution in [-0.4, -0.2) is 44.7 Å². The number of benzene rings is 1. The first kappa shape index (κ1) is 19.6. The van der Waals surface area contributed by atoms with E-state index >= 15 is 0 Å². The fraction of sp³-hybridized carbons (Fsp3) is 0.474. The molecule has 0 bridgehead atoms. The fourth-order valence-electron chi connectivity index (χ4n) is 3.03. The van der Waals surface area contributed by atoms with Crippen molar-refractivity contribution in [2.45, 2.75) is 52.8 Å². The van der Waals surface area contributed by atoms with E-state index in [4.69, 9.17) is 4.74 Å². The lowest BCUT2D eigenvalue weighted by Gasteiger charge is -2.32. The van der Waals surface area contributed by atoms with E-state index in [0.29, 0.717) is 10.8 Å². The maximum absolute atomic E-state index is 12.7. The number of rotatable bonds is 5. The normalized spacial score (nSPS) is 12.5. The molecule has 0 radical (unpaired) electrons. The van der Waals surface area contributed by atoms with E-state index in [1.165, 1.54) is 7.05 Å². The molecule has 7 heteroatoms. The molecule has 7 nitrogen and oxygen atoms in total. The average Bonchev–Trinajstić information content (AvgIpc) is 2.57. The van der Waals surface area contributed by atoms with Crippen molar-refractivity contribution in [1.29, 1.82) is 0 Å². The predicted octanol–water partition coefficient (Wildman–Crippen LogP) is 2.12. The molecule has 2 rings (SSSR count). The summed E-state index contributed by atoms with van der Waals surface area (Å²) in [5.74, 6) is -0.998. The minimum atomic E-state index is -0.954. The molecule has 0 aliphatic rings. The second kappa shape index (κ2) is 7.68. The van der Waals surface area contributed by atoms with Gasteiger partial charge in [0.15, 0.2) is 11.8 Å². The summed E-state index contributed by atoms with van der Waals surface area (Å²) in [4.78, 5) is 39.1. The third-order valence-corrected chi connectivity index (χ3v) is 4.15. The molecule has 2 aromatic rings. The van der Waals surface area contributed by atoms with Crippen molar-refractivity contribution in [2.24, 2.45) is 7.05 Å². The van der Waals surface area contributed by atoms with Gasteiger partial charge in [0, 0.05) is 24.5 Å². The second-order valence-electron chi connectivity index (χ2n) is 6.80. The number of fused-ring (bicyclic) bond motifs is 1. The Morgan fingerprint density at radius 2 is 1.58 bits per heavy atom. The highest BCUT2D eigenvalue weighted by Gasteiger charge is 2.29. The van der Waals surface area contributed by atoms with Gasteiger partial charge in [0.05, 0.1) is 5.39 Å². The summed E-state index contributed by atoms with van der Waals surface area (Å²) in [6.45, 7) is 9.19. The minimum absolute atomic E-state index is 0.0137. The zero-order valence-electron chi connectivity index (χ0n) is 16.0. The zero-order valence-corrected chi connectivity index (χ0v) is 16.0. The molecule has 0 aliphatic heterocycles. The monoisotopic (exact) mass is 359 g/mol. The van der Waals surface area contributed by atoms with Gasteiger partial charge >= 0.3 is 5.97 Å². The Hall–Kier alpha value is -2.70. The molecule has 0 aliphatic carbocycles. The topological polar surface area (TPSA) is 81.5 Å². The average molecular weight is 359 g/mol. The molecular weight excluding hydrogens is 334 g/mol. The van der Waals surface area contributed by atoms with E-state index in [9.17, 15) is 14.4 Å². The van der Waals surface area contributed by atoms with Crippen molar-refractivity contribution in [3.63, 3.8) is 0 Å². The molecule has 140 valence electrons. The van der Waals surface area contributed by atoms with Crippen LogP contribution in [0.3, 0.4) is 0 Å². The molecular formula is C19H25N3O4. The van der Waals surface area contributed by atoms with Crippen molar-refractivity contribution in [1.82, 2.24) is 14.7 Å². The Bertz CT molecular complexity index is 878. The third-order valence-electron chi connectivity index (χ3n) is 4.15. The van der Waals surface area contributed by atoms with E-state index in [2.05, 4.69) is 5.10 Å². The Balaban J connectivity index is 2.33. The van der Waals surface area contributed by atoms with E-state index in [-0.39, 0.29) is 29.2 Å². The Kier molecular flexibility index (Phi) is 5.79. The highest BCUT2D eigenvalue weighted by atomic mass is 16.5. The van der Waals surface area contributed by atoms with Gasteiger partial charge in [0.2, 0.25) is 0 Å². The molecule has 1 amide bonds. The number of carbonyl (C=O) groups excluding carboxylic acids is 2. The molecule has 0 N–H and O–H groups in total. The first-order chi connectivity index (χ1) is 12.1. The minimum Gasteiger partial charge on any atom is -0.448 e. The van der Waals surface area contributed by atoms with Crippen LogP contribution in [0.2, 0.25) is 0 Å². The Morgan fingerprint density at radius 3 is 2.12 bits per heavy atom. The van der Waals surface area contributed by atoms with Gasteiger partial charge in [0.1, 0.15) is 0 Å². The maximum atomic E-state index is 12.7. The summed E-state index contributed by atoms with van der Waals surface area (Å²) in [6, 6.07) is 6.67. The summed E-state index contributed by atoms with van der Waals surface area (Å²) < 4.78 is 6.47. The highest BCUT2D eigenvalue weighted by molar-refractivity contribution is 6.02. The summed E-state index contributed by atoms with van der Waals surface area (Å²) in [5, 5.41) is 4.82. The lowest BCUT2D eigenvalue weighted by atomic mass is 10.1. The SMILES string of the molecule is CC(OC(=O)c1nn(C)c(=O)c2ccccc12)C(=O)N(C(C)C)C(C)C. The van der Waals surface area contributed by atoms with Crippen LogP contribution in [0.25, 0.3) is 10.8 Å². The first-order valence-corrected chi connectivity index (χ1v) is 8.64. The van der Waals surface area contributed by atoms with Crippen molar-refractivity contribution < 1.29 is 14.3 Å². The van der Waals surface area contributed by atoms with Crippen LogP contribution in [0.5, 0.6) is 0 Å². The quantitative estimate of drug-likeness (QED) is 0.764. The molecule has 0 spiro atoms. The number of ether oxygens (including phenoxy) is 1. The van der Waals surface area contributed by atoms with Gasteiger partial charge in [-0.25, -0.2) is 9.48 Å². The van der Waals surface area contributed by atoms with Gasteiger partial charge in [-0.2, -0.15) is 5.10 Å². The molecule has 26 heavy (non-hydrogen) atoms. The van der Waals surface area contributed by atoms with Crippen molar-refractivity contribution in [3.05, 3.63) is 40.3 Å². The predicted molar refractivity (Wildman–Crippen MR) is 99.0 cm³/mol. The molecule has 0 fully saturated rings. The van der Waals surface area contributed by atoms with E-state index in [1.54, 1.807) is 36.1 Å². The smallest absolute Gasteiger partial charge is 0.360 e. The molecule has 1 aromatic carbocycles. The number of nitrogens with zero attached hydrogens (tertiary/aromatic N) is 3. The van der Waals surface area contributed by atoms with Crippen LogP contribution in [0.1, 0.15) is 45.1 Å². The largest absolute Gasteiger partial charge is 0.448 e. The van der Waals surface area contributed by atoms with Gasteiger partial charge in [-0.15, -0.1) is 0 Å². The van der Waals surface area contributed by atoms with Crippen LogP contribution in [0, 0.1) is 0 Å². The molecule has 0 saturated heterocycles. The van der Waals surface area contributed by atoms with Gasteiger partial charge in [-0.1, -0.05) is 18.2 Å². The van der Waals surface area contributed by atoms with Crippen LogP contribution in [0.4, 0.5) is 0 Å². The fourth-order valence-corrected chi connectivity index (χ4v) is 3.03. The summed E-state index contributed by atoms with van der Waals surface area (Å²) in [6.07, 6.45) is -0.954. The number of amides is 1. The number of carbonyl (C=O) groups is 2. The summed E-state index contributed by atoms with van der Waals surface area (Å²) in [7, 11) is 1.47. The lowest BCUT2D eigenvalue weighted by Crippen LogP contribution is -2.47. The van der Waals surface area contributed by atoms with Crippen LogP contribution in [0.15, 0.2) is 29.1 Å². The van der Waals surface area contributed by atoms with E-state index in [1.807, 2.05) is 27.7 Å². The Morgan fingerprint density at radius 1 is 1.04 bits per heavy atom. The number of hydrogen-bond acceptors (Lipinski definition) is 5. The molecule has 1 aromatic heterocycles. The van der Waals surface area contributed by atoms with Crippen LogP contribution >= 0.6 is 0 Å². The molecule has 1 heterocycles. The van der Waals surface area contributed by atoms with Crippen molar-refractivity contribution in [2.75, 3.05) is 0 Å². The van der Waals surface area contributed by atoms with Gasteiger partial charge in [-0.05, 0) is 40.7 Å². The van der Waals surface area contributed by atoms with Gasteiger partial charge in [0.25, 0.3) is 11.5 Å². The summed E-state index contributed by atoms with van der Waals surface area (Å²) >= 11 is 0. The van der Waals surface area contributed by atoms with E-state index < -0.39 is 12.1 Å². The molecule has 1 atom stereocenters. The van der Waals surface area contributed by atoms with Crippen molar-refractivity contribution >= 4 is 22.6 Å². The van der Waals surface area contributed by atoms with Gasteiger partial charge < -0.3 is 9.64 Å². The highest BCUT2D eigenvalue weighted by Crippen LogP contribution is 2.16. The van der Waals surface area contributed by atoms with Crippen LogP contribution < -0.4 is 5.56 Å². The number of esters is 1. The number of hydrogen-bond donors (Lipinski definition) is 0. The first-order valence-electron chi connectivity index (χ1n) is 8.64. The third kappa shape index (κ3) is 3.76. The standard InChI is InChI=1S/C19H25N3O4/c1-11(2)22(12(3)4)17(23)13(5)26-19(25)16-14-9-7-8-10-15(14)18(24)21(6)20-16/h7-13H,1-6H3. The molecule has 1 unspecified atom stereocenters. The van der Waals surface area contributed by atoms with Crippen LogP contribution in [-0.2, 0) is 16.6 Å². The maximum Gasteiger partial charge on any atom is 0.360 e. The molecule has 0 saturated carbocycles. The second-order valence-corrected chi connectivity index (χ2v) is 6.80. The Labute approximate surface area is 152 Å².